The zero-order valence-electron chi connectivity index (χ0n) is 20.1. The van der Waals surface area contributed by atoms with Gasteiger partial charge in [-0.1, -0.05) is 29.8 Å². The van der Waals surface area contributed by atoms with E-state index in [2.05, 4.69) is 5.32 Å². The van der Waals surface area contributed by atoms with Crippen molar-refractivity contribution in [3.63, 3.8) is 0 Å². The Labute approximate surface area is 209 Å². The van der Waals surface area contributed by atoms with E-state index in [9.17, 15) is 19.2 Å². The van der Waals surface area contributed by atoms with E-state index < -0.39 is 5.66 Å². The second-order valence-electron chi connectivity index (χ2n) is 9.09. The van der Waals surface area contributed by atoms with Gasteiger partial charge in [-0.05, 0) is 57.0 Å². The van der Waals surface area contributed by atoms with Gasteiger partial charge in [-0.15, -0.1) is 0 Å². The fourth-order valence-electron chi connectivity index (χ4n) is 4.88. The van der Waals surface area contributed by atoms with Crippen molar-refractivity contribution in [1.29, 1.82) is 0 Å². The molecule has 8 nitrogen and oxygen atoms in total. The summed E-state index contributed by atoms with van der Waals surface area (Å²) in [6.45, 7) is 5.92. The maximum atomic E-state index is 13.4. The van der Waals surface area contributed by atoms with Gasteiger partial charge in [0.25, 0.3) is 5.91 Å². The smallest absolute Gasteiger partial charge is 0.257 e. The van der Waals surface area contributed by atoms with Crippen molar-refractivity contribution in [2.45, 2.75) is 45.7 Å². The van der Waals surface area contributed by atoms with Gasteiger partial charge in [-0.2, -0.15) is 0 Å². The maximum Gasteiger partial charge on any atom is 0.257 e. The molecule has 2 aromatic rings. The third-order valence-corrected chi connectivity index (χ3v) is 7.07. The van der Waals surface area contributed by atoms with Crippen molar-refractivity contribution in [2.24, 2.45) is 0 Å². The normalized spacial score (nSPS) is 18.9. The minimum Gasteiger partial charge on any atom is -0.334 e. The number of likely N-dealkylation sites (N-methyl/N-ethyl adjacent to an activating group) is 1. The number of rotatable bonds is 7. The molecule has 1 fully saturated rings. The maximum absolute atomic E-state index is 13.4. The van der Waals surface area contributed by atoms with Crippen molar-refractivity contribution >= 4 is 46.6 Å². The summed E-state index contributed by atoms with van der Waals surface area (Å²) in [7, 11) is 0. The van der Waals surface area contributed by atoms with Gasteiger partial charge in [0.1, 0.15) is 5.66 Å². The number of halogens is 1. The third-order valence-electron chi connectivity index (χ3n) is 6.84. The van der Waals surface area contributed by atoms with Crippen molar-refractivity contribution < 1.29 is 19.2 Å². The van der Waals surface area contributed by atoms with Crippen LogP contribution in [-0.4, -0.2) is 58.7 Å². The molecule has 0 aromatic heterocycles. The highest BCUT2D eigenvalue weighted by atomic mass is 35.5. The average molecular weight is 497 g/mol. The summed E-state index contributed by atoms with van der Waals surface area (Å²) in [6.07, 6.45) is 0.883. The molecule has 1 saturated heterocycles. The standard InChI is InChI=1S/C26H29ClN4O4/c1-4-29(16-22(32)28-20-15-18(27)10-9-17(20)2)23(33)12-14-30-25(35)19-7-5-6-8-21(19)31-24(34)11-13-26(30,31)3/h5-10,15H,4,11-14,16H2,1-3H3,(H,28,32). The monoisotopic (exact) mass is 496 g/mol. The largest absolute Gasteiger partial charge is 0.334 e. The first kappa shape index (κ1) is 24.7. The highest BCUT2D eigenvalue weighted by Crippen LogP contribution is 2.44. The Morgan fingerprint density at radius 2 is 1.91 bits per heavy atom. The number of carbonyl (C=O) groups excluding carboxylic acids is 4. The number of nitrogens with one attached hydrogen (secondary N) is 1. The van der Waals surface area contributed by atoms with Gasteiger partial charge in [0.15, 0.2) is 0 Å². The van der Waals surface area contributed by atoms with Crippen LogP contribution in [0.3, 0.4) is 0 Å². The van der Waals surface area contributed by atoms with Crippen molar-refractivity contribution in [1.82, 2.24) is 9.80 Å². The Hall–Kier alpha value is -3.39. The fourth-order valence-corrected chi connectivity index (χ4v) is 5.05. The van der Waals surface area contributed by atoms with Crippen LogP contribution in [0.5, 0.6) is 0 Å². The molecule has 2 aromatic carbocycles. The summed E-state index contributed by atoms with van der Waals surface area (Å²) in [6, 6.07) is 12.3. The molecule has 35 heavy (non-hydrogen) atoms. The number of amides is 4. The number of benzene rings is 2. The molecular formula is C26H29ClN4O4. The highest BCUT2D eigenvalue weighted by molar-refractivity contribution is 6.31. The third kappa shape index (κ3) is 4.62. The van der Waals surface area contributed by atoms with Crippen LogP contribution < -0.4 is 10.2 Å². The zero-order valence-corrected chi connectivity index (χ0v) is 20.9. The molecule has 2 aliphatic rings. The lowest BCUT2D eigenvalue weighted by Gasteiger charge is -2.48. The Morgan fingerprint density at radius 3 is 2.66 bits per heavy atom. The summed E-state index contributed by atoms with van der Waals surface area (Å²) in [5.74, 6) is -0.796. The topological polar surface area (TPSA) is 90.0 Å². The summed E-state index contributed by atoms with van der Waals surface area (Å²) >= 11 is 6.03. The molecule has 184 valence electrons. The van der Waals surface area contributed by atoms with Gasteiger partial charge >= 0.3 is 0 Å². The summed E-state index contributed by atoms with van der Waals surface area (Å²) < 4.78 is 0. The molecule has 1 N–H and O–H groups in total. The van der Waals surface area contributed by atoms with E-state index >= 15 is 0 Å². The first-order chi connectivity index (χ1) is 16.7. The van der Waals surface area contributed by atoms with E-state index in [1.165, 1.54) is 4.90 Å². The van der Waals surface area contributed by atoms with Crippen molar-refractivity contribution in [3.8, 4) is 0 Å². The number of hydrogen-bond acceptors (Lipinski definition) is 4. The van der Waals surface area contributed by atoms with Gasteiger partial charge in [0.05, 0.1) is 17.8 Å². The number of fused-ring (bicyclic) bond motifs is 3. The zero-order chi connectivity index (χ0) is 25.3. The molecule has 9 heteroatoms. The molecule has 0 radical (unpaired) electrons. The van der Waals surface area contributed by atoms with Gasteiger partial charge in [0, 0.05) is 36.6 Å². The molecule has 0 aliphatic carbocycles. The summed E-state index contributed by atoms with van der Waals surface area (Å²) in [5.41, 5.74) is 1.72. The van der Waals surface area contributed by atoms with E-state index in [1.54, 1.807) is 47.1 Å². The number of hydrogen-bond donors (Lipinski definition) is 1. The van der Waals surface area contributed by atoms with Crippen LogP contribution in [0.15, 0.2) is 42.5 Å². The molecule has 0 saturated carbocycles. The van der Waals surface area contributed by atoms with Gasteiger partial charge in [-0.25, -0.2) is 0 Å². The van der Waals surface area contributed by atoms with Crippen LogP contribution in [0.4, 0.5) is 11.4 Å². The Bertz CT molecular complexity index is 1200. The van der Waals surface area contributed by atoms with E-state index in [0.717, 1.165) is 5.56 Å². The molecule has 4 amide bonds. The van der Waals surface area contributed by atoms with Crippen molar-refractivity contribution in [3.05, 3.63) is 58.6 Å². The first-order valence-corrected chi connectivity index (χ1v) is 12.1. The molecule has 1 atom stereocenters. The summed E-state index contributed by atoms with van der Waals surface area (Å²) in [5, 5.41) is 3.32. The molecule has 0 bridgehead atoms. The van der Waals surface area contributed by atoms with Crippen LogP contribution in [0, 0.1) is 6.92 Å². The number of carbonyl (C=O) groups is 4. The SMILES string of the molecule is CCN(CC(=O)Nc1cc(Cl)ccc1C)C(=O)CCN1C(=O)c2ccccc2N2C(=O)CCC12C. The molecule has 0 spiro atoms. The van der Waals surface area contributed by atoms with Crippen LogP contribution >= 0.6 is 11.6 Å². The Kier molecular flexibility index (Phi) is 6.85. The number of nitrogens with zero attached hydrogens (tertiary/aromatic N) is 3. The van der Waals surface area contributed by atoms with Crippen LogP contribution in [0.25, 0.3) is 0 Å². The molecule has 2 heterocycles. The van der Waals surface area contributed by atoms with Gasteiger partial charge in [0.2, 0.25) is 17.7 Å². The molecular weight excluding hydrogens is 468 g/mol. The van der Waals surface area contributed by atoms with E-state index in [-0.39, 0.29) is 43.1 Å². The fraction of sp³-hybridized carbons (Fsp3) is 0.385. The molecule has 2 aliphatic heterocycles. The van der Waals surface area contributed by atoms with Gasteiger partial charge < -0.3 is 15.1 Å². The average Bonchev–Trinajstić information content (AvgIpc) is 3.14. The Morgan fingerprint density at radius 1 is 1.17 bits per heavy atom. The van der Waals surface area contributed by atoms with Crippen molar-refractivity contribution in [2.75, 3.05) is 29.9 Å². The summed E-state index contributed by atoms with van der Waals surface area (Å²) in [4.78, 5) is 56.5. The predicted molar refractivity (Wildman–Crippen MR) is 134 cm³/mol. The van der Waals surface area contributed by atoms with E-state index in [1.807, 2.05) is 26.0 Å². The van der Waals surface area contributed by atoms with Crippen LogP contribution in [-0.2, 0) is 14.4 Å². The Balaban J connectivity index is 1.45. The minimum absolute atomic E-state index is 0.0352. The number of para-hydroxylation sites is 1. The lowest BCUT2D eigenvalue weighted by molar-refractivity contribution is -0.134. The molecule has 4 rings (SSSR count). The second kappa shape index (κ2) is 9.70. The van der Waals surface area contributed by atoms with Gasteiger partial charge in [-0.3, -0.25) is 24.1 Å². The lowest BCUT2D eigenvalue weighted by atomic mass is 9.98. The second-order valence-corrected chi connectivity index (χ2v) is 9.52. The van der Waals surface area contributed by atoms with Crippen LogP contribution in [0.1, 0.15) is 49.0 Å². The molecule has 1 unspecified atom stereocenters. The number of anilines is 2. The van der Waals surface area contributed by atoms with E-state index in [0.29, 0.717) is 41.3 Å². The lowest BCUT2D eigenvalue weighted by Crippen LogP contribution is -2.62. The number of aryl methyl sites for hydroxylation is 1. The van der Waals surface area contributed by atoms with Crippen LogP contribution in [0.2, 0.25) is 5.02 Å². The van der Waals surface area contributed by atoms with E-state index in [4.69, 9.17) is 11.6 Å². The first-order valence-electron chi connectivity index (χ1n) is 11.7. The predicted octanol–water partition coefficient (Wildman–Crippen LogP) is 3.82. The highest BCUT2D eigenvalue weighted by Gasteiger charge is 2.52. The minimum atomic E-state index is -0.818. The quantitative estimate of drug-likeness (QED) is 0.631.